The van der Waals surface area contributed by atoms with Crippen molar-refractivity contribution >= 4 is 11.6 Å². The third-order valence-corrected chi connectivity index (χ3v) is 3.44. The van der Waals surface area contributed by atoms with E-state index in [4.69, 9.17) is 0 Å². The number of benzene rings is 1. The molecule has 2 N–H and O–H groups in total. The Morgan fingerprint density at radius 2 is 1.74 bits per heavy atom. The molecule has 0 fully saturated rings. The highest BCUT2D eigenvalue weighted by molar-refractivity contribution is 5.78. The molecule has 0 radical (unpaired) electrons. The minimum absolute atomic E-state index is 0.0836. The largest absolute Gasteiger partial charge is 0.385 e. The predicted molar refractivity (Wildman–Crippen MR) is 81.4 cm³/mol. The fourth-order valence-electron chi connectivity index (χ4n) is 2.03. The lowest BCUT2D eigenvalue weighted by Gasteiger charge is -2.14. The molecule has 1 rings (SSSR count). The Bertz CT molecular complexity index is 369. The molecule has 0 aliphatic heterocycles. The Morgan fingerprint density at radius 1 is 1.11 bits per heavy atom. The summed E-state index contributed by atoms with van der Waals surface area (Å²) < 4.78 is 0. The number of hydrogen-bond donors (Lipinski definition) is 2. The monoisotopic (exact) mass is 262 g/mol. The highest BCUT2D eigenvalue weighted by atomic mass is 16.1. The summed E-state index contributed by atoms with van der Waals surface area (Å²) in [6, 6.07) is 8.14. The van der Waals surface area contributed by atoms with Gasteiger partial charge in [0, 0.05) is 18.8 Å². The molecule has 0 aliphatic carbocycles. The van der Waals surface area contributed by atoms with E-state index in [1.54, 1.807) is 0 Å². The summed E-state index contributed by atoms with van der Waals surface area (Å²) in [4.78, 5) is 11.5. The second-order valence-electron chi connectivity index (χ2n) is 4.89. The summed E-state index contributed by atoms with van der Waals surface area (Å²) in [5.74, 6) is 0.815. The van der Waals surface area contributed by atoms with Crippen LogP contribution in [0.3, 0.4) is 0 Å². The summed E-state index contributed by atoms with van der Waals surface area (Å²) in [6.45, 7) is 8.09. The van der Waals surface area contributed by atoms with E-state index in [-0.39, 0.29) is 5.91 Å². The van der Waals surface area contributed by atoms with Gasteiger partial charge in [-0.3, -0.25) is 4.79 Å². The van der Waals surface area contributed by atoms with Gasteiger partial charge in [0.1, 0.15) is 0 Å². The highest BCUT2D eigenvalue weighted by Gasteiger charge is 2.04. The second-order valence-corrected chi connectivity index (χ2v) is 4.89. The topological polar surface area (TPSA) is 41.1 Å². The molecular weight excluding hydrogens is 236 g/mol. The van der Waals surface area contributed by atoms with E-state index in [2.05, 4.69) is 36.6 Å². The number of anilines is 1. The first-order chi connectivity index (χ1) is 9.19. The summed E-state index contributed by atoms with van der Waals surface area (Å²) in [7, 11) is 0. The Hall–Kier alpha value is -1.51. The van der Waals surface area contributed by atoms with Crippen LogP contribution in [0.2, 0.25) is 0 Å². The molecule has 0 heterocycles. The summed E-state index contributed by atoms with van der Waals surface area (Å²) >= 11 is 0. The van der Waals surface area contributed by atoms with Gasteiger partial charge in [-0.25, -0.2) is 0 Å². The van der Waals surface area contributed by atoms with E-state index in [1.807, 2.05) is 19.1 Å². The highest BCUT2D eigenvalue weighted by Crippen LogP contribution is 2.13. The molecule has 0 aliphatic rings. The molecule has 0 atom stereocenters. The van der Waals surface area contributed by atoms with Gasteiger partial charge in [-0.1, -0.05) is 38.8 Å². The van der Waals surface area contributed by atoms with Crippen molar-refractivity contribution in [1.29, 1.82) is 0 Å². The van der Waals surface area contributed by atoms with Crippen molar-refractivity contribution in [2.75, 3.05) is 18.4 Å². The van der Waals surface area contributed by atoms with Crippen molar-refractivity contribution < 1.29 is 4.79 Å². The maximum atomic E-state index is 11.5. The summed E-state index contributed by atoms with van der Waals surface area (Å²) in [5, 5.41) is 6.26. The lowest BCUT2D eigenvalue weighted by Crippen LogP contribution is -2.24. The van der Waals surface area contributed by atoms with Crippen molar-refractivity contribution in [3.8, 4) is 0 Å². The smallest absolute Gasteiger partial charge is 0.224 e. The minimum atomic E-state index is 0.0836. The van der Waals surface area contributed by atoms with Crippen LogP contribution in [0.4, 0.5) is 5.69 Å². The molecule has 3 heteroatoms. The molecule has 0 bridgehead atoms. The molecule has 19 heavy (non-hydrogen) atoms. The Kier molecular flexibility index (Phi) is 7.01. The van der Waals surface area contributed by atoms with Crippen molar-refractivity contribution in [2.45, 2.75) is 40.0 Å². The van der Waals surface area contributed by atoms with Gasteiger partial charge in [-0.15, -0.1) is 0 Å². The first-order valence-electron chi connectivity index (χ1n) is 7.29. The normalized spacial score (nSPS) is 10.5. The molecule has 1 aromatic rings. The predicted octanol–water partition coefficient (Wildman–Crippen LogP) is 3.21. The fraction of sp³-hybridized carbons (Fsp3) is 0.562. The maximum absolute atomic E-state index is 11.5. The lowest BCUT2D eigenvalue weighted by molar-refractivity contribution is -0.120. The van der Waals surface area contributed by atoms with Crippen molar-refractivity contribution in [3.05, 3.63) is 29.8 Å². The SMILES string of the molecule is CCNC(=O)Cc1ccc(NCC(CC)CC)cc1. The van der Waals surface area contributed by atoms with E-state index >= 15 is 0 Å². The van der Waals surface area contributed by atoms with Crippen LogP contribution in [0.5, 0.6) is 0 Å². The number of likely N-dealkylation sites (N-methyl/N-ethyl adjacent to an activating group) is 1. The van der Waals surface area contributed by atoms with Crippen molar-refractivity contribution in [1.82, 2.24) is 5.32 Å². The van der Waals surface area contributed by atoms with E-state index in [1.165, 1.54) is 12.8 Å². The van der Waals surface area contributed by atoms with E-state index in [0.717, 1.165) is 23.7 Å². The zero-order valence-electron chi connectivity index (χ0n) is 12.3. The summed E-state index contributed by atoms with van der Waals surface area (Å²) in [5.41, 5.74) is 2.19. The van der Waals surface area contributed by atoms with Crippen LogP contribution in [-0.2, 0) is 11.2 Å². The van der Waals surface area contributed by atoms with Gasteiger partial charge in [0.15, 0.2) is 0 Å². The number of hydrogen-bond acceptors (Lipinski definition) is 2. The van der Waals surface area contributed by atoms with Crippen LogP contribution in [0.25, 0.3) is 0 Å². The number of carbonyl (C=O) groups excluding carboxylic acids is 1. The van der Waals surface area contributed by atoms with E-state index in [0.29, 0.717) is 13.0 Å². The van der Waals surface area contributed by atoms with E-state index < -0.39 is 0 Å². The molecule has 1 aromatic carbocycles. The standard InChI is InChI=1S/C16H26N2O/c1-4-13(5-2)12-18-15-9-7-14(8-10-15)11-16(19)17-6-3/h7-10,13,18H,4-6,11-12H2,1-3H3,(H,17,19). The zero-order valence-corrected chi connectivity index (χ0v) is 12.3. The molecule has 106 valence electrons. The molecule has 3 nitrogen and oxygen atoms in total. The molecule has 1 amide bonds. The average Bonchev–Trinajstić information content (AvgIpc) is 2.42. The number of rotatable bonds is 8. The van der Waals surface area contributed by atoms with E-state index in [9.17, 15) is 4.79 Å². The molecule has 0 saturated heterocycles. The molecule has 0 spiro atoms. The quantitative estimate of drug-likeness (QED) is 0.755. The van der Waals surface area contributed by atoms with Crippen LogP contribution in [0, 0.1) is 5.92 Å². The lowest BCUT2D eigenvalue weighted by atomic mass is 10.0. The van der Waals surface area contributed by atoms with Crippen LogP contribution in [0.1, 0.15) is 39.2 Å². The van der Waals surface area contributed by atoms with Gasteiger partial charge in [0.2, 0.25) is 5.91 Å². The number of nitrogens with one attached hydrogen (secondary N) is 2. The van der Waals surface area contributed by atoms with Gasteiger partial charge >= 0.3 is 0 Å². The molecule has 0 unspecified atom stereocenters. The maximum Gasteiger partial charge on any atom is 0.224 e. The second kappa shape index (κ2) is 8.57. The van der Waals surface area contributed by atoms with Crippen molar-refractivity contribution in [3.63, 3.8) is 0 Å². The molecule has 0 saturated carbocycles. The molecule has 0 aromatic heterocycles. The Labute approximate surface area is 116 Å². The van der Waals surface area contributed by atoms with Gasteiger partial charge in [-0.2, -0.15) is 0 Å². The van der Waals surface area contributed by atoms with Crippen LogP contribution < -0.4 is 10.6 Å². The average molecular weight is 262 g/mol. The van der Waals surface area contributed by atoms with Crippen molar-refractivity contribution in [2.24, 2.45) is 5.92 Å². The van der Waals surface area contributed by atoms with Crippen LogP contribution >= 0.6 is 0 Å². The van der Waals surface area contributed by atoms with Gasteiger partial charge in [0.25, 0.3) is 0 Å². The zero-order chi connectivity index (χ0) is 14.1. The Morgan fingerprint density at radius 3 is 2.26 bits per heavy atom. The van der Waals surface area contributed by atoms with Gasteiger partial charge < -0.3 is 10.6 Å². The first-order valence-corrected chi connectivity index (χ1v) is 7.29. The summed E-state index contributed by atoms with van der Waals surface area (Å²) in [6.07, 6.45) is 2.87. The third-order valence-electron chi connectivity index (χ3n) is 3.44. The van der Waals surface area contributed by atoms with Crippen LogP contribution in [0.15, 0.2) is 24.3 Å². The number of carbonyl (C=O) groups is 1. The first kappa shape index (κ1) is 15.5. The Balaban J connectivity index is 2.45. The minimum Gasteiger partial charge on any atom is -0.385 e. The fourth-order valence-corrected chi connectivity index (χ4v) is 2.03. The van der Waals surface area contributed by atoms with Gasteiger partial charge in [-0.05, 0) is 30.5 Å². The third kappa shape index (κ3) is 5.77. The van der Waals surface area contributed by atoms with Gasteiger partial charge in [0.05, 0.1) is 6.42 Å². The van der Waals surface area contributed by atoms with Crippen LogP contribution in [-0.4, -0.2) is 19.0 Å². The number of amides is 1. The molecular formula is C16H26N2O.